The number of hydrogen-bond donors (Lipinski definition) is 6. The quantitative estimate of drug-likeness (QED) is 0.0807. The van der Waals surface area contributed by atoms with E-state index in [1.807, 2.05) is 48.5 Å². The van der Waals surface area contributed by atoms with Gasteiger partial charge < -0.3 is 35.8 Å². The molecule has 57 heavy (non-hydrogen) atoms. The van der Waals surface area contributed by atoms with Gasteiger partial charge in [0, 0.05) is 12.6 Å². The van der Waals surface area contributed by atoms with Crippen molar-refractivity contribution in [3.05, 3.63) is 102 Å². The number of carbonyl (C=O) groups is 5. The molecule has 15 nitrogen and oxygen atoms in total. The van der Waals surface area contributed by atoms with Crippen molar-refractivity contribution in [2.75, 3.05) is 6.54 Å². The molecule has 0 aliphatic carbocycles. The first-order valence-corrected chi connectivity index (χ1v) is 20.9. The Kier molecular flexibility index (Phi) is 15.8. The van der Waals surface area contributed by atoms with E-state index in [1.165, 1.54) is 24.3 Å². The first kappa shape index (κ1) is 43.1. The molecule has 3 aromatic carbocycles. The molecule has 1 unspecified atom stereocenters. The average Bonchev–Trinajstić information content (AvgIpc) is 3.62. The molecule has 2 aliphatic rings. The molecular formula is C41H52N5O10P. The average molecular weight is 806 g/mol. The summed E-state index contributed by atoms with van der Waals surface area (Å²) in [7, 11) is -4.79. The van der Waals surface area contributed by atoms with Crippen molar-refractivity contribution >= 4 is 37.4 Å². The Hall–Kier alpha value is -5.08. The third-order valence-corrected chi connectivity index (χ3v) is 10.7. The fourth-order valence-corrected chi connectivity index (χ4v) is 7.74. The molecule has 16 heteroatoms. The zero-order valence-electron chi connectivity index (χ0n) is 31.8. The maximum Gasteiger partial charge on any atom is 0.524 e. The highest BCUT2D eigenvalue weighted by Crippen LogP contribution is 2.37. The number of nitrogens with two attached hydrogens (primary N) is 1. The van der Waals surface area contributed by atoms with Gasteiger partial charge in [0.25, 0.3) is 0 Å². The summed E-state index contributed by atoms with van der Waals surface area (Å²) in [6.07, 6.45) is 3.99. The van der Waals surface area contributed by atoms with Gasteiger partial charge in [0.2, 0.25) is 23.6 Å². The molecule has 3 aromatic rings. The van der Waals surface area contributed by atoms with Gasteiger partial charge in [0.1, 0.15) is 30.5 Å². The van der Waals surface area contributed by atoms with Crippen LogP contribution in [-0.4, -0.2) is 75.0 Å². The Morgan fingerprint density at radius 1 is 0.842 bits per heavy atom. The lowest BCUT2D eigenvalue weighted by Gasteiger charge is -2.36. The smallest absolute Gasteiger partial charge is 0.461 e. The highest BCUT2D eigenvalue weighted by atomic mass is 31.2. The molecule has 0 aromatic heterocycles. The van der Waals surface area contributed by atoms with Crippen LogP contribution in [0, 0.1) is 5.92 Å². The van der Waals surface area contributed by atoms with Gasteiger partial charge in [0.15, 0.2) is 0 Å². The summed E-state index contributed by atoms with van der Waals surface area (Å²) < 4.78 is 21.4. The van der Waals surface area contributed by atoms with Crippen molar-refractivity contribution in [1.82, 2.24) is 20.9 Å². The van der Waals surface area contributed by atoms with E-state index in [9.17, 15) is 28.5 Å². The number of hydrogen-bond acceptors (Lipinski definition) is 9. The maximum absolute atomic E-state index is 14.4. The van der Waals surface area contributed by atoms with Gasteiger partial charge in [-0.2, -0.15) is 0 Å². The lowest BCUT2D eigenvalue weighted by Crippen LogP contribution is -2.58. The normalized spacial score (nSPS) is 19.2. The number of nitrogens with zero attached hydrogens (tertiary/aromatic N) is 1. The molecule has 0 bridgehead atoms. The lowest BCUT2D eigenvalue weighted by atomic mass is 9.93. The molecule has 306 valence electrons. The molecule has 5 rings (SSSR count). The van der Waals surface area contributed by atoms with Crippen LogP contribution in [0.4, 0.5) is 0 Å². The topological polar surface area (TPSA) is 227 Å². The van der Waals surface area contributed by atoms with Gasteiger partial charge in [-0.3, -0.25) is 33.8 Å². The number of rotatable bonds is 18. The molecule has 0 radical (unpaired) electrons. The largest absolute Gasteiger partial charge is 0.524 e. The van der Waals surface area contributed by atoms with E-state index < -0.39 is 55.6 Å². The standard InChI is InChI=1S/C41H52N5O10P/c42-23-9-16-34(39(49)43-26-29-10-3-1-4-11-29)44-40(50)36-22-19-32-14-7-8-15-35(41(51)46(32)36)45-38(48)31(25-37(47)55-27-30-12-5-2-6-13-30)24-28-17-20-33(21-18-28)56-57(52,53)54/h1-6,10-13,17-18,20-21,31-32,34-36H,7-9,14-16,19,22-27,42H2,(H,43,49)(H,44,50)(H,45,48)(H2,52,53,54)/t31-,32?,34+,35+,36+/m1/s1. The highest BCUT2D eigenvalue weighted by molar-refractivity contribution is 7.46. The molecule has 5 atom stereocenters. The Bertz CT molecular complexity index is 1860. The van der Waals surface area contributed by atoms with Crippen LogP contribution in [0.15, 0.2) is 84.9 Å². The molecule has 2 aliphatic heterocycles. The fraction of sp³-hybridized carbons (Fsp3) is 0.439. The summed E-state index contributed by atoms with van der Waals surface area (Å²) >= 11 is 0. The van der Waals surface area contributed by atoms with E-state index in [0.29, 0.717) is 57.1 Å². The SMILES string of the molecule is NCCC[C@H](NC(=O)[C@@H]1CCC2CCCC[C@H](NC(=O)[C@@H](CC(=O)OCc3ccccc3)Cc3ccc(OP(=O)(O)O)cc3)C(=O)N21)C(=O)NCc1ccccc1. The van der Waals surface area contributed by atoms with Crippen molar-refractivity contribution in [2.45, 2.75) is 102 Å². The number of phosphoric ester groups is 1. The van der Waals surface area contributed by atoms with E-state index in [-0.39, 0.29) is 43.7 Å². The van der Waals surface area contributed by atoms with Crippen LogP contribution in [0.5, 0.6) is 5.75 Å². The van der Waals surface area contributed by atoms with Crippen molar-refractivity contribution in [2.24, 2.45) is 11.7 Å². The van der Waals surface area contributed by atoms with Gasteiger partial charge >= 0.3 is 13.8 Å². The summed E-state index contributed by atoms with van der Waals surface area (Å²) in [6, 6.07) is 21.3. The van der Waals surface area contributed by atoms with Crippen molar-refractivity contribution in [1.29, 1.82) is 0 Å². The zero-order valence-corrected chi connectivity index (χ0v) is 32.7. The fourth-order valence-electron chi connectivity index (χ4n) is 7.34. The van der Waals surface area contributed by atoms with Gasteiger partial charge in [-0.25, -0.2) is 4.57 Å². The number of amides is 4. The van der Waals surface area contributed by atoms with E-state index in [2.05, 4.69) is 20.5 Å². The van der Waals surface area contributed by atoms with Gasteiger partial charge in [-0.15, -0.1) is 0 Å². The van der Waals surface area contributed by atoms with Crippen LogP contribution in [0.25, 0.3) is 0 Å². The van der Waals surface area contributed by atoms with Gasteiger partial charge in [0.05, 0.1) is 12.3 Å². The number of fused-ring (bicyclic) bond motifs is 1. The molecular weight excluding hydrogens is 753 g/mol. The van der Waals surface area contributed by atoms with Crippen LogP contribution < -0.4 is 26.2 Å². The second kappa shape index (κ2) is 20.9. The number of esters is 1. The van der Waals surface area contributed by atoms with Gasteiger partial charge in [-0.05, 0) is 80.3 Å². The second-order valence-corrected chi connectivity index (χ2v) is 15.7. The maximum atomic E-state index is 14.4. The van der Waals surface area contributed by atoms with E-state index >= 15 is 0 Å². The minimum atomic E-state index is -4.79. The number of phosphoric acid groups is 1. The van der Waals surface area contributed by atoms with Crippen LogP contribution in [0.1, 0.15) is 74.5 Å². The molecule has 2 fully saturated rings. The minimum absolute atomic E-state index is 0.00506. The number of benzene rings is 3. The molecule has 0 spiro atoms. The monoisotopic (exact) mass is 805 g/mol. The van der Waals surface area contributed by atoms with Crippen LogP contribution in [0.3, 0.4) is 0 Å². The minimum Gasteiger partial charge on any atom is -0.461 e. The number of ether oxygens (including phenoxy) is 1. The first-order chi connectivity index (χ1) is 27.4. The van der Waals surface area contributed by atoms with E-state index in [1.54, 1.807) is 17.0 Å². The molecule has 2 saturated heterocycles. The zero-order chi connectivity index (χ0) is 40.8. The predicted octanol–water partition coefficient (Wildman–Crippen LogP) is 3.41. The molecule has 2 heterocycles. The molecule has 0 saturated carbocycles. The van der Waals surface area contributed by atoms with E-state index in [4.69, 9.17) is 20.3 Å². The lowest BCUT2D eigenvalue weighted by molar-refractivity contribution is -0.149. The number of carbonyl (C=O) groups excluding carboxylic acids is 5. The van der Waals surface area contributed by atoms with Crippen LogP contribution in [0.2, 0.25) is 0 Å². The Labute approximate surface area is 332 Å². The highest BCUT2D eigenvalue weighted by Gasteiger charge is 2.45. The van der Waals surface area contributed by atoms with Crippen molar-refractivity contribution < 1.29 is 47.6 Å². The van der Waals surface area contributed by atoms with Crippen molar-refractivity contribution in [3.8, 4) is 5.75 Å². The summed E-state index contributed by atoms with van der Waals surface area (Å²) in [5.41, 5.74) is 8.00. The Morgan fingerprint density at radius 2 is 1.51 bits per heavy atom. The Balaban J connectivity index is 1.29. The number of nitrogens with one attached hydrogen (secondary N) is 3. The van der Waals surface area contributed by atoms with Gasteiger partial charge in [-0.1, -0.05) is 85.6 Å². The first-order valence-electron chi connectivity index (χ1n) is 19.4. The van der Waals surface area contributed by atoms with Crippen LogP contribution in [-0.2, 0) is 52.8 Å². The van der Waals surface area contributed by atoms with Crippen LogP contribution >= 0.6 is 7.82 Å². The third-order valence-electron chi connectivity index (χ3n) is 10.3. The van der Waals surface area contributed by atoms with E-state index in [0.717, 1.165) is 17.5 Å². The van der Waals surface area contributed by atoms with Crippen molar-refractivity contribution in [3.63, 3.8) is 0 Å². The summed E-state index contributed by atoms with van der Waals surface area (Å²) in [5, 5.41) is 8.68. The predicted molar refractivity (Wildman–Crippen MR) is 210 cm³/mol. The molecule has 4 amide bonds. The molecule has 7 N–H and O–H groups in total. The third kappa shape index (κ3) is 13.2. The Morgan fingerprint density at radius 3 is 2.18 bits per heavy atom. The summed E-state index contributed by atoms with van der Waals surface area (Å²) in [5.74, 6) is -3.44. The summed E-state index contributed by atoms with van der Waals surface area (Å²) in [4.78, 5) is 88.6. The summed E-state index contributed by atoms with van der Waals surface area (Å²) in [6.45, 7) is 0.622. The second-order valence-electron chi connectivity index (χ2n) is 14.5.